The predicted molar refractivity (Wildman–Crippen MR) is 88.3 cm³/mol. The number of benzene rings is 2. The monoisotopic (exact) mass is 358 g/mol. The van der Waals surface area contributed by atoms with Crippen LogP contribution in [0.15, 0.2) is 62.9 Å². The maximum absolute atomic E-state index is 12.7. The zero-order valence-electron chi connectivity index (χ0n) is 12.5. The first-order chi connectivity index (χ1) is 11.4. The van der Waals surface area contributed by atoms with E-state index in [9.17, 15) is 13.7 Å². The van der Waals surface area contributed by atoms with E-state index in [-0.39, 0.29) is 16.5 Å². The smallest absolute Gasteiger partial charge is 0.261 e. The van der Waals surface area contributed by atoms with E-state index in [1.807, 2.05) is 19.1 Å². The average molecular weight is 359 g/mol. The molecule has 0 amide bonds. The first-order valence-electron chi connectivity index (χ1n) is 6.91. The van der Waals surface area contributed by atoms with Crippen LogP contribution in [0.1, 0.15) is 11.3 Å². The van der Waals surface area contributed by atoms with Gasteiger partial charge in [-0.2, -0.15) is 10.2 Å². The Labute approximate surface area is 144 Å². The van der Waals surface area contributed by atoms with Gasteiger partial charge in [0.05, 0.1) is 4.90 Å². The summed E-state index contributed by atoms with van der Waals surface area (Å²) in [6.45, 7) is 1.85. The van der Waals surface area contributed by atoms with E-state index in [1.54, 1.807) is 18.2 Å². The highest BCUT2D eigenvalue weighted by Gasteiger charge is 2.29. The number of nitrogens with zero attached hydrogens (tertiary/aromatic N) is 2. The lowest BCUT2D eigenvalue weighted by Gasteiger charge is -2.02. The highest BCUT2D eigenvalue weighted by molar-refractivity contribution is 7.91. The lowest BCUT2D eigenvalue weighted by molar-refractivity contribution is 0.457. The number of rotatable bonds is 3. The van der Waals surface area contributed by atoms with Crippen LogP contribution in [-0.2, 0) is 9.84 Å². The molecule has 0 unspecified atom stereocenters. The third-order valence-electron chi connectivity index (χ3n) is 3.45. The van der Waals surface area contributed by atoms with Gasteiger partial charge in [0.15, 0.2) is 5.69 Å². The first-order valence-corrected chi connectivity index (χ1v) is 8.77. The minimum atomic E-state index is -4.01. The third-order valence-corrected chi connectivity index (χ3v) is 5.36. The normalized spacial score (nSPS) is 11.2. The Balaban J connectivity index is 2.17. The van der Waals surface area contributed by atoms with Crippen LogP contribution in [0, 0.1) is 18.3 Å². The average Bonchev–Trinajstić information content (AvgIpc) is 3.00. The van der Waals surface area contributed by atoms with Crippen LogP contribution in [0.4, 0.5) is 0 Å². The zero-order valence-corrected chi connectivity index (χ0v) is 14.1. The molecule has 5 nitrogen and oxygen atoms in total. The summed E-state index contributed by atoms with van der Waals surface area (Å²) in [5.74, 6) is 0.0946. The number of hydrogen-bond donors (Lipinski definition) is 0. The second-order valence-corrected chi connectivity index (χ2v) is 7.32. The molecule has 0 saturated heterocycles. The summed E-state index contributed by atoms with van der Waals surface area (Å²) >= 11 is 5.78. The van der Waals surface area contributed by atoms with Crippen molar-refractivity contribution in [2.75, 3.05) is 0 Å². The molecule has 3 aromatic rings. The van der Waals surface area contributed by atoms with Crippen LogP contribution in [0.2, 0.25) is 5.02 Å². The van der Waals surface area contributed by atoms with Crippen molar-refractivity contribution in [2.24, 2.45) is 0 Å². The van der Waals surface area contributed by atoms with Crippen molar-refractivity contribution in [3.05, 3.63) is 64.8 Å². The third kappa shape index (κ3) is 2.80. The number of oxazole rings is 1. The minimum Gasteiger partial charge on any atom is -0.423 e. The molecule has 1 heterocycles. The van der Waals surface area contributed by atoms with Gasteiger partial charge in [0.25, 0.3) is 5.09 Å². The molecule has 24 heavy (non-hydrogen) atoms. The Kier molecular flexibility index (Phi) is 4.14. The van der Waals surface area contributed by atoms with Gasteiger partial charge in [-0.25, -0.2) is 8.42 Å². The summed E-state index contributed by atoms with van der Waals surface area (Å²) < 4.78 is 30.9. The fourth-order valence-corrected chi connectivity index (χ4v) is 3.58. The Morgan fingerprint density at radius 3 is 2.42 bits per heavy atom. The molecule has 3 rings (SSSR count). The molecule has 0 aliphatic rings. The van der Waals surface area contributed by atoms with Gasteiger partial charge in [-0.1, -0.05) is 29.8 Å². The number of halogens is 1. The fraction of sp³-hybridized carbons (Fsp3) is 0.0588. The number of nitriles is 1. The number of aromatic nitrogens is 1. The minimum absolute atomic E-state index is 0.0177. The van der Waals surface area contributed by atoms with Crippen molar-refractivity contribution in [1.29, 1.82) is 5.26 Å². The lowest BCUT2D eigenvalue weighted by atomic mass is 10.1. The summed E-state index contributed by atoms with van der Waals surface area (Å²) in [6.07, 6.45) is 0. The highest BCUT2D eigenvalue weighted by atomic mass is 35.5. The van der Waals surface area contributed by atoms with Crippen molar-refractivity contribution in [1.82, 2.24) is 4.98 Å². The fourth-order valence-electron chi connectivity index (χ4n) is 2.21. The standard InChI is InChI=1S/C17H11ClN2O3S/c1-11-4-2-3-5-14(11)16-20-15(10-19)17(23-16)24(21,22)13-8-6-12(18)7-9-13/h2-9H,1H3. The van der Waals surface area contributed by atoms with E-state index in [1.165, 1.54) is 24.3 Å². The van der Waals surface area contributed by atoms with E-state index >= 15 is 0 Å². The van der Waals surface area contributed by atoms with Crippen LogP contribution < -0.4 is 0 Å². The Morgan fingerprint density at radius 1 is 1.12 bits per heavy atom. The molecule has 120 valence electrons. The van der Waals surface area contributed by atoms with Gasteiger partial charge < -0.3 is 4.42 Å². The summed E-state index contributed by atoms with van der Waals surface area (Å²) in [7, 11) is -4.01. The van der Waals surface area contributed by atoms with E-state index < -0.39 is 14.9 Å². The quantitative estimate of drug-likeness (QED) is 0.706. The molecule has 0 aliphatic carbocycles. The Hall–Kier alpha value is -2.62. The zero-order chi connectivity index (χ0) is 17.3. The van der Waals surface area contributed by atoms with E-state index in [0.717, 1.165) is 5.56 Å². The molecular formula is C17H11ClN2O3S. The molecule has 0 N–H and O–H groups in total. The van der Waals surface area contributed by atoms with E-state index in [0.29, 0.717) is 10.6 Å². The molecule has 0 spiro atoms. The van der Waals surface area contributed by atoms with Gasteiger partial charge >= 0.3 is 0 Å². The van der Waals surface area contributed by atoms with E-state index in [4.69, 9.17) is 16.0 Å². The predicted octanol–water partition coefficient (Wildman–Crippen LogP) is 4.01. The summed E-state index contributed by atoms with van der Waals surface area (Å²) in [6, 6.07) is 14.6. The van der Waals surface area contributed by atoms with Gasteiger partial charge in [-0.3, -0.25) is 0 Å². The van der Waals surface area contributed by atoms with Gasteiger partial charge in [-0.05, 0) is 42.8 Å². The molecule has 0 fully saturated rings. The van der Waals surface area contributed by atoms with Crippen molar-refractivity contribution in [2.45, 2.75) is 16.9 Å². The largest absolute Gasteiger partial charge is 0.423 e. The number of sulfone groups is 1. The van der Waals surface area contributed by atoms with Crippen LogP contribution in [0.5, 0.6) is 0 Å². The Bertz CT molecular complexity index is 1050. The SMILES string of the molecule is Cc1ccccc1-c1nc(C#N)c(S(=O)(=O)c2ccc(Cl)cc2)o1. The molecule has 0 saturated carbocycles. The second kappa shape index (κ2) is 6.11. The topological polar surface area (TPSA) is 84.0 Å². The van der Waals surface area contributed by atoms with Crippen LogP contribution in [-0.4, -0.2) is 13.4 Å². The van der Waals surface area contributed by atoms with E-state index in [2.05, 4.69) is 4.98 Å². The molecule has 2 aromatic carbocycles. The van der Waals surface area contributed by atoms with Gasteiger partial charge in [0.2, 0.25) is 15.7 Å². The lowest BCUT2D eigenvalue weighted by Crippen LogP contribution is -2.02. The van der Waals surface area contributed by atoms with Crippen molar-refractivity contribution in [3.8, 4) is 17.5 Å². The molecular weight excluding hydrogens is 348 g/mol. The summed E-state index contributed by atoms with van der Waals surface area (Å²) in [4.78, 5) is 4.02. The molecule has 0 radical (unpaired) electrons. The Morgan fingerprint density at radius 2 is 1.79 bits per heavy atom. The molecule has 0 atom stereocenters. The van der Waals surface area contributed by atoms with Crippen LogP contribution in [0.3, 0.4) is 0 Å². The van der Waals surface area contributed by atoms with Crippen molar-refractivity contribution >= 4 is 21.4 Å². The number of hydrogen-bond acceptors (Lipinski definition) is 5. The highest BCUT2D eigenvalue weighted by Crippen LogP contribution is 2.30. The van der Waals surface area contributed by atoms with Crippen molar-refractivity contribution in [3.63, 3.8) is 0 Å². The maximum Gasteiger partial charge on any atom is 0.261 e. The van der Waals surface area contributed by atoms with Gasteiger partial charge in [0.1, 0.15) is 6.07 Å². The van der Waals surface area contributed by atoms with Gasteiger partial charge in [0, 0.05) is 10.6 Å². The van der Waals surface area contributed by atoms with Crippen LogP contribution in [0.25, 0.3) is 11.5 Å². The summed E-state index contributed by atoms with van der Waals surface area (Å²) in [5.41, 5.74) is 1.22. The molecule has 7 heteroatoms. The maximum atomic E-state index is 12.7. The molecule has 0 aliphatic heterocycles. The summed E-state index contributed by atoms with van der Waals surface area (Å²) in [5, 5.41) is 9.19. The second-order valence-electron chi connectivity index (χ2n) is 5.04. The molecule has 1 aromatic heterocycles. The molecule has 0 bridgehead atoms. The number of aryl methyl sites for hydroxylation is 1. The van der Waals surface area contributed by atoms with Crippen LogP contribution >= 0.6 is 11.6 Å². The van der Waals surface area contributed by atoms with Gasteiger partial charge in [-0.15, -0.1) is 0 Å². The first kappa shape index (κ1) is 16.2. The van der Waals surface area contributed by atoms with Crippen molar-refractivity contribution < 1.29 is 12.8 Å².